The Morgan fingerprint density at radius 1 is 1.33 bits per heavy atom. The number of rotatable bonds is 6. The molecule has 2 aliphatic rings. The Bertz CT molecular complexity index is 1110. The lowest BCUT2D eigenvalue weighted by atomic mass is 10.1. The molecule has 1 aliphatic heterocycles. The van der Waals surface area contributed by atoms with E-state index in [-0.39, 0.29) is 17.9 Å². The Balaban J connectivity index is 1.45. The monoisotopic (exact) mass is 427 g/mol. The minimum Gasteiger partial charge on any atom is -0.472 e. The van der Waals surface area contributed by atoms with Crippen LogP contribution in [0.25, 0.3) is 22.3 Å². The minimum absolute atomic E-state index is 0.00579. The van der Waals surface area contributed by atoms with E-state index in [0.29, 0.717) is 23.6 Å². The number of carbonyl (C=O) groups excluding carboxylic acids is 1. The fraction of sp³-hybridized carbons (Fsp3) is 0.381. The van der Waals surface area contributed by atoms with E-state index in [1.54, 1.807) is 17.8 Å². The summed E-state index contributed by atoms with van der Waals surface area (Å²) in [6.45, 7) is 1.49. The number of hydrogen-bond acceptors (Lipinski definition) is 6. The van der Waals surface area contributed by atoms with Crippen molar-refractivity contribution in [3.63, 3.8) is 0 Å². The lowest BCUT2D eigenvalue weighted by molar-refractivity contribution is -0.118. The number of ether oxygens (including phenoxy) is 1. The van der Waals surface area contributed by atoms with Gasteiger partial charge in [-0.05, 0) is 62.4 Å². The van der Waals surface area contributed by atoms with Gasteiger partial charge in [0, 0.05) is 17.6 Å². The molecule has 1 aliphatic carbocycles. The number of benzene rings is 1. The van der Waals surface area contributed by atoms with Crippen LogP contribution in [0.4, 0.5) is 10.1 Å². The summed E-state index contributed by atoms with van der Waals surface area (Å²) in [5.41, 5.74) is 2.60. The zero-order chi connectivity index (χ0) is 20.7. The van der Waals surface area contributed by atoms with E-state index in [2.05, 4.69) is 25.8 Å². The molecule has 0 unspecified atom stereocenters. The number of H-pyrrole nitrogens is 1. The first-order valence-corrected chi connectivity index (χ1v) is 11.2. The maximum Gasteiger partial charge on any atom is 0.251 e. The van der Waals surface area contributed by atoms with Gasteiger partial charge in [0.05, 0.1) is 11.2 Å². The summed E-state index contributed by atoms with van der Waals surface area (Å²) in [6, 6.07) is 8.52. The molecule has 1 amide bonds. The molecular formula is C21H22FN5O2S. The summed E-state index contributed by atoms with van der Waals surface area (Å²) in [7, 11) is 0. The number of aromatic nitrogens is 3. The number of hydrogen-bond donors (Lipinski definition) is 3. The van der Waals surface area contributed by atoms with Crippen LogP contribution in [0.15, 0.2) is 30.3 Å². The number of halogens is 1. The molecule has 7 nitrogen and oxygen atoms in total. The van der Waals surface area contributed by atoms with Crippen molar-refractivity contribution in [3.8, 4) is 17.3 Å². The number of carbonyl (C=O) groups is 1. The first-order chi connectivity index (χ1) is 14.6. The molecule has 1 saturated carbocycles. The average Bonchev–Trinajstić information content (AvgIpc) is 3.27. The zero-order valence-corrected chi connectivity index (χ0v) is 17.3. The second-order valence-electron chi connectivity index (χ2n) is 7.71. The first kappa shape index (κ1) is 19.3. The highest BCUT2D eigenvalue weighted by molar-refractivity contribution is 8.00. The molecule has 3 N–H and O–H groups in total. The van der Waals surface area contributed by atoms with Crippen LogP contribution in [0.3, 0.4) is 0 Å². The van der Waals surface area contributed by atoms with E-state index in [4.69, 9.17) is 4.74 Å². The zero-order valence-electron chi connectivity index (χ0n) is 16.5. The molecule has 9 heteroatoms. The second-order valence-corrected chi connectivity index (χ2v) is 8.90. The van der Waals surface area contributed by atoms with Gasteiger partial charge in [-0.25, -0.2) is 9.37 Å². The molecule has 0 radical (unpaired) electrons. The number of nitrogens with zero attached hydrogens (tertiary/aromatic N) is 2. The number of amides is 1. The third-order valence-corrected chi connectivity index (χ3v) is 6.92. The number of pyridine rings is 1. The minimum atomic E-state index is -0.481. The molecule has 1 atom stereocenters. The Kier molecular flexibility index (Phi) is 4.86. The van der Waals surface area contributed by atoms with Gasteiger partial charge in [-0.3, -0.25) is 9.89 Å². The summed E-state index contributed by atoms with van der Waals surface area (Å²) < 4.78 is 19.2. The van der Waals surface area contributed by atoms with E-state index in [9.17, 15) is 9.18 Å². The standard InChI is InChI=1S/C21H22FN5O2S/c1-30-21(8-9-23-11-21)20(28)24-12-2-6-16-14(10-12)18(27-26-16)17-7-5-15(22)19(25-17)29-13-3-4-13/h2,5-7,10,13,23H,3-4,8-9,11H2,1H3,(H,24,28)(H,26,27)/t21-/m0/s1. The van der Waals surface area contributed by atoms with E-state index < -0.39 is 10.6 Å². The summed E-state index contributed by atoms with van der Waals surface area (Å²) >= 11 is 1.57. The van der Waals surface area contributed by atoms with Crippen molar-refractivity contribution in [2.45, 2.75) is 30.1 Å². The molecule has 5 rings (SSSR count). The SMILES string of the molecule is CS[C@@]1(C(=O)Nc2ccc3[nH]nc(-c4ccc(F)c(OC5CC5)n4)c3c2)CCNC1. The van der Waals surface area contributed by atoms with Crippen LogP contribution < -0.4 is 15.4 Å². The van der Waals surface area contributed by atoms with Gasteiger partial charge in [-0.2, -0.15) is 5.10 Å². The highest BCUT2D eigenvalue weighted by atomic mass is 32.2. The van der Waals surface area contributed by atoms with Crippen LogP contribution in [-0.4, -0.2) is 51.3 Å². The van der Waals surface area contributed by atoms with Crippen molar-refractivity contribution in [3.05, 3.63) is 36.1 Å². The van der Waals surface area contributed by atoms with Crippen molar-refractivity contribution in [1.82, 2.24) is 20.5 Å². The largest absolute Gasteiger partial charge is 0.472 e. The van der Waals surface area contributed by atoms with Crippen LogP contribution in [0.1, 0.15) is 19.3 Å². The van der Waals surface area contributed by atoms with Crippen LogP contribution in [0, 0.1) is 5.82 Å². The fourth-order valence-corrected chi connectivity index (χ4v) is 4.43. The van der Waals surface area contributed by atoms with Crippen LogP contribution >= 0.6 is 11.8 Å². The van der Waals surface area contributed by atoms with Crippen LogP contribution in [0.5, 0.6) is 5.88 Å². The molecule has 156 valence electrons. The highest BCUT2D eigenvalue weighted by Crippen LogP contribution is 2.34. The summed E-state index contributed by atoms with van der Waals surface area (Å²) in [4.78, 5) is 17.3. The van der Waals surface area contributed by atoms with Gasteiger partial charge in [0.2, 0.25) is 5.91 Å². The molecule has 2 aromatic heterocycles. The quantitative estimate of drug-likeness (QED) is 0.559. The summed E-state index contributed by atoms with van der Waals surface area (Å²) in [6.07, 6.45) is 4.65. The van der Waals surface area contributed by atoms with Gasteiger partial charge < -0.3 is 15.4 Å². The first-order valence-electron chi connectivity index (χ1n) is 9.97. The summed E-state index contributed by atoms with van der Waals surface area (Å²) in [5.74, 6) is -0.485. The topological polar surface area (TPSA) is 91.9 Å². The number of nitrogens with one attached hydrogen (secondary N) is 3. The Morgan fingerprint density at radius 3 is 2.93 bits per heavy atom. The van der Waals surface area contributed by atoms with Crippen molar-refractivity contribution < 1.29 is 13.9 Å². The third-order valence-electron chi connectivity index (χ3n) is 5.60. The number of fused-ring (bicyclic) bond motifs is 1. The molecular weight excluding hydrogens is 405 g/mol. The Labute approximate surface area is 177 Å². The van der Waals surface area contributed by atoms with Crippen molar-refractivity contribution in [2.24, 2.45) is 0 Å². The van der Waals surface area contributed by atoms with Gasteiger partial charge in [-0.15, -0.1) is 11.8 Å². The van der Waals surface area contributed by atoms with Crippen molar-refractivity contribution >= 4 is 34.3 Å². The lowest BCUT2D eigenvalue weighted by Crippen LogP contribution is -2.41. The lowest BCUT2D eigenvalue weighted by Gasteiger charge is -2.24. The molecule has 0 spiro atoms. The number of aromatic amines is 1. The smallest absolute Gasteiger partial charge is 0.251 e. The van der Waals surface area contributed by atoms with Crippen LogP contribution in [-0.2, 0) is 4.79 Å². The van der Waals surface area contributed by atoms with Gasteiger partial charge in [0.25, 0.3) is 5.88 Å². The number of anilines is 1. The second kappa shape index (κ2) is 7.55. The van der Waals surface area contributed by atoms with Crippen molar-refractivity contribution in [2.75, 3.05) is 24.7 Å². The van der Waals surface area contributed by atoms with Crippen molar-refractivity contribution in [1.29, 1.82) is 0 Å². The van der Waals surface area contributed by atoms with E-state index in [1.165, 1.54) is 6.07 Å². The average molecular weight is 428 g/mol. The molecule has 0 bridgehead atoms. The third kappa shape index (κ3) is 3.52. The van der Waals surface area contributed by atoms with E-state index in [0.717, 1.165) is 36.7 Å². The molecule has 1 saturated heterocycles. The predicted octanol–water partition coefficient (Wildman–Crippen LogP) is 3.34. The molecule has 2 fully saturated rings. The predicted molar refractivity (Wildman–Crippen MR) is 115 cm³/mol. The highest BCUT2D eigenvalue weighted by Gasteiger charge is 2.40. The van der Waals surface area contributed by atoms with Gasteiger partial charge in [0.1, 0.15) is 16.5 Å². The van der Waals surface area contributed by atoms with E-state index >= 15 is 0 Å². The maximum atomic E-state index is 14.1. The number of thioether (sulfide) groups is 1. The van der Waals surface area contributed by atoms with E-state index in [1.807, 2.05) is 24.5 Å². The van der Waals surface area contributed by atoms with Gasteiger partial charge >= 0.3 is 0 Å². The molecule has 3 heterocycles. The Hall–Kier alpha value is -2.65. The van der Waals surface area contributed by atoms with Crippen LogP contribution in [0.2, 0.25) is 0 Å². The molecule has 30 heavy (non-hydrogen) atoms. The van der Waals surface area contributed by atoms with Gasteiger partial charge in [-0.1, -0.05) is 0 Å². The summed E-state index contributed by atoms with van der Waals surface area (Å²) in [5, 5.41) is 14.5. The molecule has 3 aromatic rings. The normalized spacial score (nSPS) is 21.1. The Morgan fingerprint density at radius 2 is 2.20 bits per heavy atom. The van der Waals surface area contributed by atoms with Gasteiger partial charge in [0.15, 0.2) is 5.82 Å². The molecule has 1 aromatic carbocycles. The maximum absolute atomic E-state index is 14.1. The fourth-order valence-electron chi connectivity index (χ4n) is 3.64.